The minimum atomic E-state index is -5.01. The fourth-order valence-electron chi connectivity index (χ4n) is 8.18. The fraction of sp³-hybridized carbons (Fsp3) is 0.979. The Bertz CT molecular complexity index is 1020. The molecule has 1 rings (SSSR count). The lowest BCUT2D eigenvalue weighted by molar-refractivity contribution is -0.220. The van der Waals surface area contributed by atoms with Crippen molar-refractivity contribution in [3.63, 3.8) is 0 Å². The third-order valence-electron chi connectivity index (χ3n) is 12.2. The van der Waals surface area contributed by atoms with Crippen LogP contribution in [0.15, 0.2) is 0 Å². The van der Waals surface area contributed by atoms with Gasteiger partial charge in [0.1, 0.15) is 42.7 Å². The van der Waals surface area contributed by atoms with Gasteiger partial charge in [0.2, 0.25) is 0 Å². The summed E-state index contributed by atoms with van der Waals surface area (Å²) < 4.78 is 34.3. The van der Waals surface area contributed by atoms with E-state index in [4.69, 9.17) is 18.5 Å². The van der Waals surface area contributed by atoms with Gasteiger partial charge in [-0.15, -0.1) is 0 Å². The van der Waals surface area contributed by atoms with Crippen molar-refractivity contribution in [1.29, 1.82) is 0 Å². The van der Waals surface area contributed by atoms with Gasteiger partial charge in [-0.3, -0.25) is 13.8 Å². The zero-order chi connectivity index (χ0) is 44.8. The van der Waals surface area contributed by atoms with Gasteiger partial charge in [0.15, 0.2) is 0 Å². The van der Waals surface area contributed by atoms with E-state index < -0.39 is 63.1 Å². The van der Waals surface area contributed by atoms with Crippen molar-refractivity contribution >= 4 is 13.8 Å². The number of ether oxygens (including phenoxy) is 2. The standard InChI is InChI=1S/C48H95O12P/c1-3-5-7-9-11-13-15-17-19-21-22-24-26-28-30-32-34-36-38-57-39-41(40-58-61(55,56)60-48-46(53)44(51)43(50)45(52)47(48)54)59-42(49)37-35-33-31-29-27-25-23-20-18-16-14-12-10-8-6-4-2/h41,43-48,50-54H,3-40H2,1-2H3,(H,55,56). The molecule has 61 heavy (non-hydrogen) atoms. The van der Waals surface area contributed by atoms with Gasteiger partial charge in [0, 0.05) is 13.0 Å². The molecular weight excluding hydrogens is 799 g/mol. The van der Waals surface area contributed by atoms with Crippen LogP contribution < -0.4 is 0 Å². The molecule has 1 fully saturated rings. The molecule has 1 aliphatic carbocycles. The van der Waals surface area contributed by atoms with E-state index in [-0.39, 0.29) is 13.0 Å². The molecule has 0 aliphatic heterocycles. The van der Waals surface area contributed by atoms with E-state index in [1.165, 1.54) is 173 Å². The summed E-state index contributed by atoms with van der Waals surface area (Å²) in [5.41, 5.74) is 0. The molecule has 0 aromatic heterocycles. The lowest BCUT2D eigenvalue weighted by Gasteiger charge is -2.41. The van der Waals surface area contributed by atoms with Gasteiger partial charge in [0.05, 0.1) is 13.2 Å². The van der Waals surface area contributed by atoms with Crippen molar-refractivity contribution in [2.24, 2.45) is 0 Å². The van der Waals surface area contributed by atoms with Gasteiger partial charge in [-0.2, -0.15) is 0 Å². The van der Waals surface area contributed by atoms with Gasteiger partial charge in [-0.05, 0) is 12.8 Å². The highest BCUT2D eigenvalue weighted by Gasteiger charge is 2.51. The number of hydrogen-bond donors (Lipinski definition) is 6. The zero-order valence-electron chi connectivity index (χ0n) is 39.0. The number of aliphatic hydroxyl groups is 5. The van der Waals surface area contributed by atoms with Crippen LogP contribution in [0.2, 0.25) is 0 Å². The number of esters is 1. The number of aliphatic hydroxyl groups excluding tert-OH is 5. The largest absolute Gasteiger partial charge is 0.472 e. The first-order valence-electron chi connectivity index (χ1n) is 25.4. The van der Waals surface area contributed by atoms with Crippen LogP contribution in [0.1, 0.15) is 239 Å². The van der Waals surface area contributed by atoms with E-state index in [0.717, 1.165) is 38.5 Å². The quantitative estimate of drug-likeness (QED) is 0.0193. The maximum atomic E-state index is 12.8. The summed E-state index contributed by atoms with van der Waals surface area (Å²) in [4.78, 5) is 23.2. The van der Waals surface area contributed by atoms with Gasteiger partial charge >= 0.3 is 13.8 Å². The molecule has 0 amide bonds. The topological polar surface area (TPSA) is 192 Å². The molecule has 6 unspecified atom stereocenters. The Kier molecular flexibility index (Phi) is 38.0. The molecule has 1 aliphatic rings. The number of phosphoric ester groups is 1. The lowest BCUT2D eigenvalue weighted by atomic mass is 9.85. The van der Waals surface area contributed by atoms with Crippen LogP contribution in [0.4, 0.5) is 0 Å². The van der Waals surface area contributed by atoms with Crippen LogP contribution in [0.3, 0.4) is 0 Å². The molecule has 6 atom stereocenters. The van der Waals surface area contributed by atoms with Crippen LogP contribution in [0.25, 0.3) is 0 Å². The second-order valence-corrected chi connectivity index (χ2v) is 19.4. The van der Waals surface area contributed by atoms with Gasteiger partial charge in [0.25, 0.3) is 0 Å². The molecule has 0 bridgehead atoms. The molecule has 0 radical (unpaired) electrons. The first-order chi connectivity index (χ1) is 29.5. The minimum Gasteiger partial charge on any atom is -0.457 e. The van der Waals surface area contributed by atoms with E-state index in [9.17, 15) is 39.8 Å². The first-order valence-corrected chi connectivity index (χ1v) is 26.9. The van der Waals surface area contributed by atoms with Crippen LogP contribution in [-0.2, 0) is 27.9 Å². The predicted octanol–water partition coefficient (Wildman–Crippen LogP) is 10.9. The molecule has 0 saturated heterocycles. The Morgan fingerprint density at radius 1 is 0.459 bits per heavy atom. The van der Waals surface area contributed by atoms with Crippen molar-refractivity contribution in [2.75, 3.05) is 19.8 Å². The Labute approximate surface area is 372 Å². The Morgan fingerprint density at radius 3 is 1.13 bits per heavy atom. The molecule has 364 valence electrons. The second-order valence-electron chi connectivity index (χ2n) is 18.0. The highest BCUT2D eigenvalue weighted by molar-refractivity contribution is 7.47. The van der Waals surface area contributed by atoms with E-state index in [1.54, 1.807) is 0 Å². The summed E-state index contributed by atoms with van der Waals surface area (Å²) in [6.07, 6.45) is 30.2. The average Bonchev–Trinajstić information content (AvgIpc) is 3.24. The van der Waals surface area contributed by atoms with Gasteiger partial charge < -0.3 is 39.9 Å². The first kappa shape index (κ1) is 58.4. The molecule has 0 heterocycles. The number of carbonyl (C=O) groups is 1. The summed E-state index contributed by atoms with van der Waals surface area (Å²) in [5.74, 6) is -0.470. The van der Waals surface area contributed by atoms with Gasteiger partial charge in [-0.1, -0.05) is 219 Å². The van der Waals surface area contributed by atoms with E-state index in [1.807, 2.05) is 0 Å². The summed E-state index contributed by atoms with van der Waals surface area (Å²) in [5, 5.41) is 50.3. The summed E-state index contributed by atoms with van der Waals surface area (Å²) in [6.45, 7) is 4.31. The summed E-state index contributed by atoms with van der Waals surface area (Å²) in [6, 6.07) is 0. The van der Waals surface area contributed by atoms with Crippen LogP contribution in [-0.4, -0.2) is 98.9 Å². The highest BCUT2D eigenvalue weighted by Crippen LogP contribution is 2.47. The van der Waals surface area contributed by atoms with E-state index >= 15 is 0 Å². The SMILES string of the molecule is CCCCCCCCCCCCCCCCCCCCOCC(COP(=O)(O)OC1C(O)C(O)C(O)C(O)C1O)OC(=O)CCCCCCCCCCCCCCCCCC. The predicted molar refractivity (Wildman–Crippen MR) is 244 cm³/mol. The maximum Gasteiger partial charge on any atom is 0.472 e. The number of carbonyl (C=O) groups excluding carboxylic acids is 1. The van der Waals surface area contributed by atoms with Gasteiger partial charge in [-0.25, -0.2) is 4.57 Å². The number of unbranched alkanes of at least 4 members (excludes halogenated alkanes) is 32. The molecule has 0 aromatic carbocycles. The molecule has 13 heteroatoms. The summed E-state index contributed by atoms with van der Waals surface area (Å²) in [7, 11) is -5.01. The fourth-order valence-corrected chi connectivity index (χ4v) is 9.15. The van der Waals surface area contributed by atoms with Crippen LogP contribution in [0, 0.1) is 0 Å². The van der Waals surface area contributed by atoms with Crippen molar-refractivity contribution in [2.45, 2.75) is 281 Å². The maximum absolute atomic E-state index is 12.8. The number of rotatable bonds is 44. The average molecular weight is 895 g/mol. The Hall–Kier alpha value is -0.660. The third kappa shape index (κ3) is 31.8. The molecule has 0 aromatic rings. The Balaban J connectivity index is 2.33. The molecule has 6 N–H and O–H groups in total. The zero-order valence-corrected chi connectivity index (χ0v) is 39.9. The second kappa shape index (κ2) is 39.7. The normalized spacial score (nSPS) is 22.0. The number of phosphoric acid groups is 1. The van der Waals surface area contributed by atoms with Crippen molar-refractivity contribution in [1.82, 2.24) is 0 Å². The molecular formula is C48H95O12P. The Morgan fingerprint density at radius 2 is 0.770 bits per heavy atom. The van der Waals surface area contributed by atoms with Crippen molar-refractivity contribution in [3.05, 3.63) is 0 Å². The smallest absolute Gasteiger partial charge is 0.457 e. The molecule has 1 saturated carbocycles. The van der Waals surface area contributed by atoms with E-state index in [2.05, 4.69) is 13.8 Å². The minimum absolute atomic E-state index is 0.0675. The van der Waals surface area contributed by atoms with Crippen molar-refractivity contribution in [3.8, 4) is 0 Å². The third-order valence-corrected chi connectivity index (χ3v) is 13.2. The summed E-state index contributed by atoms with van der Waals surface area (Å²) >= 11 is 0. The van der Waals surface area contributed by atoms with E-state index in [0.29, 0.717) is 13.0 Å². The molecule has 12 nitrogen and oxygen atoms in total. The monoisotopic (exact) mass is 895 g/mol. The number of hydrogen-bond acceptors (Lipinski definition) is 11. The van der Waals surface area contributed by atoms with Crippen LogP contribution in [0.5, 0.6) is 0 Å². The highest BCUT2D eigenvalue weighted by atomic mass is 31.2. The van der Waals surface area contributed by atoms with Crippen LogP contribution >= 0.6 is 7.82 Å². The molecule has 0 spiro atoms. The lowest BCUT2D eigenvalue weighted by Crippen LogP contribution is -2.64. The van der Waals surface area contributed by atoms with Crippen molar-refractivity contribution < 1.29 is 58.3 Å².